The van der Waals surface area contributed by atoms with Gasteiger partial charge in [-0.25, -0.2) is 8.42 Å². The van der Waals surface area contributed by atoms with Crippen LogP contribution in [0.2, 0.25) is 5.02 Å². The Balaban J connectivity index is 2.35. The van der Waals surface area contributed by atoms with Crippen molar-refractivity contribution >= 4 is 21.6 Å². The van der Waals surface area contributed by atoms with Crippen LogP contribution in [-0.4, -0.2) is 38.9 Å². The number of rotatable bonds is 3. The summed E-state index contributed by atoms with van der Waals surface area (Å²) in [5, 5.41) is 3.73. The van der Waals surface area contributed by atoms with Crippen molar-refractivity contribution in [1.82, 2.24) is 9.62 Å². The molecule has 1 saturated heterocycles. The maximum Gasteiger partial charge on any atom is 0.243 e. The maximum atomic E-state index is 12.5. The minimum absolute atomic E-state index is 0.0325. The average Bonchev–Trinajstić information content (AvgIpc) is 2.80. The zero-order valence-electron chi connectivity index (χ0n) is 10.5. The monoisotopic (exact) mass is 288 g/mol. The molecule has 0 aliphatic carbocycles. The molecule has 6 heteroatoms. The van der Waals surface area contributed by atoms with Crippen molar-refractivity contribution in [1.29, 1.82) is 0 Å². The fourth-order valence-electron chi connectivity index (χ4n) is 2.20. The number of halogens is 1. The van der Waals surface area contributed by atoms with Gasteiger partial charge in [-0.05, 0) is 43.7 Å². The van der Waals surface area contributed by atoms with Gasteiger partial charge >= 0.3 is 0 Å². The van der Waals surface area contributed by atoms with Crippen LogP contribution in [0.3, 0.4) is 0 Å². The number of hydrogen-bond donors (Lipinski definition) is 1. The third-order valence-corrected chi connectivity index (χ3v) is 5.65. The van der Waals surface area contributed by atoms with Gasteiger partial charge in [0.05, 0.1) is 4.90 Å². The largest absolute Gasteiger partial charge is 0.315 e. The topological polar surface area (TPSA) is 49.4 Å². The van der Waals surface area contributed by atoms with Gasteiger partial charge in [-0.3, -0.25) is 0 Å². The highest BCUT2D eigenvalue weighted by molar-refractivity contribution is 7.89. The lowest BCUT2D eigenvalue weighted by Gasteiger charge is -2.24. The Morgan fingerprint density at radius 2 is 2.17 bits per heavy atom. The van der Waals surface area contributed by atoms with Crippen LogP contribution in [0.15, 0.2) is 23.1 Å². The summed E-state index contributed by atoms with van der Waals surface area (Å²) in [6, 6.07) is 4.90. The van der Waals surface area contributed by atoms with Crippen LogP contribution in [0.25, 0.3) is 0 Å². The summed E-state index contributed by atoms with van der Waals surface area (Å²) in [6.45, 7) is 3.34. The van der Waals surface area contributed by atoms with Crippen LogP contribution < -0.4 is 5.32 Å². The molecular weight excluding hydrogens is 272 g/mol. The number of hydrogen-bond acceptors (Lipinski definition) is 3. The van der Waals surface area contributed by atoms with E-state index >= 15 is 0 Å². The molecule has 2 rings (SSSR count). The molecule has 0 radical (unpaired) electrons. The first-order valence-electron chi connectivity index (χ1n) is 5.88. The average molecular weight is 289 g/mol. The lowest BCUT2D eigenvalue weighted by molar-refractivity contribution is 0.387. The third-order valence-electron chi connectivity index (χ3n) is 3.34. The predicted molar refractivity (Wildman–Crippen MR) is 72.4 cm³/mol. The van der Waals surface area contributed by atoms with Crippen LogP contribution in [0.5, 0.6) is 0 Å². The molecule has 0 spiro atoms. The quantitative estimate of drug-likeness (QED) is 0.920. The minimum atomic E-state index is -3.44. The molecular formula is C12H17ClN2O2S. The molecule has 0 amide bonds. The van der Waals surface area contributed by atoms with E-state index < -0.39 is 10.0 Å². The third kappa shape index (κ3) is 2.54. The smallest absolute Gasteiger partial charge is 0.243 e. The second-order valence-corrected chi connectivity index (χ2v) is 6.98. The van der Waals surface area contributed by atoms with Crippen molar-refractivity contribution in [2.75, 3.05) is 20.1 Å². The second-order valence-electron chi connectivity index (χ2n) is 4.58. The van der Waals surface area contributed by atoms with E-state index in [9.17, 15) is 8.42 Å². The summed E-state index contributed by atoms with van der Waals surface area (Å²) in [7, 11) is -1.80. The molecule has 0 bridgehead atoms. The standard InChI is InChI=1S/C12H17ClN2O2S/c1-9-7-10(13)3-4-12(9)18(16,17)15(2)11-5-6-14-8-11/h3-4,7,11,14H,5-6,8H2,1-2H3. The maximum absolute atomic E-state index is 12.5. The number of nitrogens with zero attached hydrogens (tertiary/aromatic N) is 1. The van der Waals surface area contributed by atoms with Crippen LogP contribution in [-0.2, 0) is 10.0 Å². The lowest BCUT2D eigenvalue weighted by Crippen LogP contribution is -2.38. The van der Waals surface area contributed by atoms with E-state index in [-0.39, 0.29) is 6.04 Å². The molecule has 1 aromatic carbocycles. The van der Waals surface area contributed by atoms with Crippen molar-refractivity contribution in [3.8, 4) is 0 Å². The molecule has 1 aliphatic heterocycles. The van der Waals surface area contributed by atoms with E-state index in [0.29, 0.717) is 22.0 Å². The lowest BCUT2D eigenvalue weighted by atomic mass is 10.2. The van der Waals surface area contributed by atoms with E-state index in [4.69, 9.17) is 11.6 Å². The summed E-state index contributed by atoms with van der Waals surface area (Å²) in [6.07, 6.45) is 0.850. The van der Waals surface area contributed by atoms with E-state index in [2.05, 4.69) is 5.32 Å². The molecule has 0 aromatic heterocycles. The highest BCUT2D eigenvalue weighted by Gasteiger charge is 2.30. The Hall–Kier alpha value is -0.620. The molecule has 1 unspecified atom stereocenters. The fraction of sp³-hybridized carbons (Fsp3) is 0.500. The number of benzene rings is 1. The Kier molecular flexibility index (Phi) is 3.96. The van der Waals surface area contributed by atoms with Gasteiger partial charge in [0.2, 0.25) is 10.0 Å². The van der Waals surface area contributed by atoms with Crippen LogP contribution >= 0.6 is 11.6 Å². The molecule has 1 aromatic rings. The second kappa shape index (κ2) is 5.17. The number of nitrogens with one attached hydrogen (secondary N) is 1. The van der Waals surface area contributed by atoms with Crippen LogP contribution in [0.4, 0.5) is 0 Å². The molecule has 1 fully saturated rings. The van der Waals surface area contributed by atoms with Gasteiger partial charge in [0, 0.05) is 24.7 Å². The van der Waals surface area contributed by atoms with Crippen molar-refractivity contribution in [3.63, 3.8) is 0 Å². The number of sulfonamides is 1. The van der Waals surface area contributed by atoms with Crippen molar-refractivity contribution in [2.45, 2.75) is 24.3 Å². The van der Waals surface area contributed by atoms with Crippen molar-refractivity contribution in [3.05, 3.63) is 28.8 Å². The molecule has 1 heterocycles. The minimum Gasteiger partial charge on any atom is -0.315 e. The summed E-state index contributed by atoms with van der Waals surface area (Å²) >= 11 is 5.86. The Bertz CT molecular complexity index is 539. The van der Waals surface area contributed by atoms with Gasteiger partial charge in [-0.15, -0.1) is 0 Å². The highest BCUT2D eigenvalue weighted by Crippen LogP contribution is 2.24. The summed E-state index contributed by atoms with van der Waals surface area (Å²) < 4.78 is 26.5. The van der Waals surface area contributed by atoms with Crippen LogP contribution in [0.1, 0.15) is 12.0 Å². The van der Waals surface area contributed by atoms with E-state index in [1.54, 1.807) is 32.2 Å². The Labute approximate surface area is 113 Å². The SMILES string of the molecule is Cc1cc(Cl)ccc1S(=O)(=O)N(C)C1CCNC1. The first kappa shape index (κ1) is 13.8. The van der Waals surface area contributed by atoms with Gasteiger partial charge in [0.1, 0.15) is 0 Å². The first-order valence-corrected chi connectivity index (χ1v) is 7.69. The molecule has 1 N–H and O–H groups in total. The van der Waals surface area contributed by atoms with E-state index in [1.165, 1.54) is 4.31 Å². The van der Waals surface area contributed by atoms with E-state index in [1.807, 2.05) is 0 Å². The Morgan fingerprint density at radius 3 is 2.72 bits per heavy atom. The first-order chi connectivity index (χ1) is 8.43. The molecule has 0 saturated carbocycles. The Morgan fingerprint density at radius 1 is 1.44 bits per heavy atom. The highest BCUT2D eigenvalue weighted by atomic mass is 35.5. The molecule has 4 nitrogen and oxygen atoms in total. The van der Waals surface area contributed by atoms with Gasteiger partial charge in [-0.2, -0.15) is 4.31 Å². The van der Waals surface area contributed by atoms with Gasteiger partial charge in [-0.1, -0.05) is 11.6 Å². The van der Waals surface area contributed by atoms with Crippen LogP contribution in [0, 0.1) is 6.92 Å². The summed E-state index contributed by atoms with van der Waals surface area (Å²) in [5.74, 6) is 0. The molecule has 1 aliphatic rings. The van der Waals surface area contributed by atoms with Crippen molar-refractivity contribution < 1.29 is 8.42 Å². The van der Waals surface area contributed by atoms with Gasteiger partial charge < -0.3 is 5.32 Å². The number of aryl methyl sites for hydroxylation is 1. The molecule has 18 heavy (non-hydrogen) atoms. The molecule has 1 atom stereocenters. The number of likely N-dealkylation sites (N-methyl/N-ethyl adjacent to an activating group) is 1. The van der Waals surface area contributed by atoms with Crippen molar-refractivity contribution in [2.24, 2.45) is 0 Å². The summed E-state index contributed by atoms with van der Waals surface area (Å²) in [5.41, 5.74) is 0.681. The van der Waals surface area contributed by atoms with Gasteiger partial charge in [0.15, 0.2) is 0 Å². The fourth-order valence-corrected chi connectivity index (χ4v) is 4.02. The van der Waals surface area contributed by atoms with E-state index in [0.717, 1.165) is 13.0 Å². The molecule has 100 valence electrons. The predicted octanol–water partition coefficient (Wildman–Crippen LogP) is 1.63. The normalized spacial score (nSPS) is 20.6. The van der Waals surface area contributed by atoms with Gasteiger partial charge in [0.25, 0.3) is 0 Å². The summed E-state index contributed by atoms with van der Waals surface area (Å²) in [4.78, 5) is 0.335. The zero-order chi connectivity index (χ0) is 13.3. The zero-order valence-corrected chi connectivity index (χ0v) is 12.1.